The second-order valence-corrected chi connectivity index (χ2v) is 3.93. The maximum absolute atomic E-state index is 11.5. The van der Waals surface area contributed by atoms with E-state index < -0.39 is 0 Å². The quantitative estimate of drug-likeness (QED) is 0.807. The summed E-state index contributed by atoms with van der Waals surface area (Å²) in [6, 6.07) is 0.219. The van der Waals surface area contributed by atoms with Crippen LogP contribution in [0, 0.1) is 6.92 Å². The second-order valence-electron chi connectivity index (χ2n) is 3.08. The highest BCUT2D eigenvalue weighted by atomic mass is 32.1. The molecule has 1 heterocycles. The molecule has 1 aromatic heterocycles. The minimum absolute atomic E-state index is 0.0625. The molecule has 1 atom stereocenters. The topological polar surface area (TPSA) is 42.0 Å². The fraction of sp³-hybridized carbons (Fsp3) is 0.556. The van der Waals surface area contributed by atoms with Gasteiger partial charge in [0.15, 0.2) is 5.01 Å². The number of thiazole rings is 1. The van der Waals surface area contributed by atoms with Gasteiger partial charge >= 0.3 is 0 Å². The molecule has 72 valence electrons. The van der Waals surface area contributed by atoms with Crippen LogP contribution in [0.3, 0.4) is 0 Å². The average molecular weight is 198 g/mol. The average Bonchev–Trinajstić information content (AvgIpc) is 2.51. The number of nitrogens with one attached hydrogen (secondary N) is 1. The zero-order chi connectivity index (χ0) is 9.84. The van der Waals surface area contributed by atoms with Gasteiger partial charge in [-0.05, 0) is 20.3 Å². The highest BCUT2D eigenvalue weighted by Crippen LogP contribution is 2.08. The minimum Gasteiger partial charge on any atom is -0.348 e. The van der Waals surface area contributed by atoms with E-state index in [1.807, 2.05) is 26.2 Å². The lowest BCUT2D eigenvalue weighted by atomic mass is 10.2. The van der Waals surface area contributed by atoms with Crippen molar-refractivity contribution in [3.8, 4) is 0 Å². The van der Waals surface area contributed by atoms with E-state index in [-0.39, 0.29) is 11.9 Å². The van der Waals surface area contributed by atoms with E-state index in [0.29, 0.717) is 5.01 Å². The van der Waals surface area contributed by atoms with Crippen molar-refractivity contribution in [1.29, 1.82) is 0 Å². The largest absolute Gasteiger partial charge is 0.348 e. The third-order valence-electron chi connectivity index (χ3n) is 1.80. The first-order valence-corrected chi connectivity index (χ1v) is 5.24. The van der Waals surface area contributed by atoms with Gasteiger partial charge in [0.05, 0.1) is 0 Å². The predicted molar refractivity (Wildman–Crippen MR) is 54.1 cm³/mol. The Labute approximate surface area is 82.2 Å². The second kappa shape index (κ2) is 4.37. The number of hydrogen-bond donors (Lipinski definition) is 1. The summed E-state index contributed by atoms with van der Waals surface area (Å²) in [4.78, 5) is 15.6. The number of amides is 1. The molecule has 4 heteroatoms. The molecule has 1 rings (SSSR count). The van der Waals surface area contributed by atoms with Crippen LogP contribution in [0.5, 0.6) is 0 Å². The first-order valence-electron chi connectivity index (χ1n) is 4.36. The highest BCUT2D eigenvalue weighted by molar-refractivity contribution is 7.11. The van der Waals surface area contributed by atoms with Crippen LogP contribution in [-0.2, 0) is 0 Å². The summed E-state index contributed by atoms with van der Waals surface area (Å²) in [5.41, 5.74) is 0.902. The Balaban J connectivity index is 2.58. The zero-order valence-electron chi connectivity index (χ0n) is 8.13. The van der Waals surface area contributed by atoms with Gasteiger partial charge < -0.3 is 5.32 Å². The molecule has 0 aromatic carbocycles. The third kappa shape index (κ3) is 2.81. The minimum atomic E-state index is -0.0625. The summed E-state index contributed by atoms with van der Waals surface area (Å²) in [5.74, 6) is -0.0625. The lowest BCUT2D eigenvalue weighted by Gasteiger charge is -2.08. The van der Waals surface area contributed by atoms with Gasteiger partial charge in [0, 0.05) is 17.1 Å². The third-order valence-corrected chi connectivity index (χ3v) is 2.76. The molecule has 13 heavy (non-hydrogen) atoms. The van der Waals surface area contributed by atoms with Gasteiger partial charge in [-0.2, -0.15) is 0 Å². The molecule has 0 spiro atoms. The molecular weight excluding hydrogens is 184 g/mol. The number of carbonyl (C=O) groups excluding carboxylic acids is 1. The van der Waals surface area contributed by atoms with Crippen molar-refractivity contribution in [2.45, 2.75) is 33.2 Å². The summed E-state index contributed by atoms with van der Waals surface area (Å²) in [7, 11) is 0. The summed E-state index contributed by atoms with van der Waals surface area (Å²) in [5, 5.41) is 5.30. The van der Waals surface area contributed by atoms with E-state index in [1.165, 1.54) is 11.3 Å². The fourth-order valence-corrected chi connectivity index (χ4v) is 1.54. The van der Waals surface area contributed by atoms with Crippen molar-refractivity contribution in [2.24, 2.45) is 0 Å². The Bertz CT molecular complexity index is 296. The summed E-state index contributed by atoms with van der Waals surface area (Å²) in [6.45, 7) is 5.91. The Morgan fingerprint density at radius 3 is 2.92 bits per heavy atom. The fourth-order valence-electron chi connectivity index (χ4n) is 0.846. The smallest absolute Gasteiger partial charge is 0.280 e. The molecule has 0 aliphatic carbocycles. The van der Waals surface area contributed by atoms with Gasteiger partial charge in [0.2, 0.25) is 0 Å². The molecule has 1 unspecified atom stereocenters. The number of aromatic nitrogens is 1. The summed E-state index contributed by atoms with van der Waals surface area (Å²) < 4.78 is 0. The van der Waals surface area contributed by atoms with E-state index in [4.69, 9.17) is 0 Å². The van der Waals surface area contributed by atoms with E-state index in [9.17, 15) is 4.79 Å². The van der Waals surface area contributed by atoms with E-state index in [0.717, 1.165) is 12.1 Å². The molecule has 0 aliphatic rings. The first-order chi connectivity index (χ1) is 6.13. The van der Waals surface area contributed by atoms with Crippen molar-refractivity contribution in [3.63, 3.8) is 0 Å². The van der Waals surface area contributed by atoms with Crippen LogP contribution in [0.1, 0.15) is 35.8 Å². The van der Waals surface area contributed by atoms with Gasteiger partial charge in [-0.25, -0.2) is 4.98 Å². The highest BCUT2D eigenvalue weighted by Gasteiger charge is 2.11. The number of aryl methyl sites for hydroxylation is 1. The van der Waals surface area contributed by atoms with Gasteiger partial charge in [-0.1, -0.05) is 6.92 Å². The maximum Gasteiger partial charge on any atom is 0.280 e. The zero-order valence-corrected chi connectivity index (χ0v) is 8.94. The normalized spacial score (nSPS) is 12.5. The molecule has 0 aliphatic heterocycles. The first kappa shape index (κ1) is 10.2. The summed E-state index contributed by atoms with van der Waals surface area (Å²) in [6.07, 6.45) is 0.941. The standard InChI is InChI=1S/C9H14N2OS/c1-4-6(2)10-8(12)9-11-7(3)5-13-9/h5-6H,4H2,1-3H3,(H,10,12). The van der Waals surface area contributed by atoms with Gasteiger partial charge in [-0.3, -0.25) is 4.79 Å². The van der Waals surface area contributed by atoms with Crippen molar-refractivity contribution in [1.82, 2.24) is 10.3 Å². The van der Waals surface area contributed by atoms with Crippen molar-refractivity contribution >= 4 is 17.2 Å². The number of carbonyl (C=O) groups is 1. The molecule has 1 N–H and O–H groups in total. The molecule has 0 radical (unpaired) electrons. The van der Waals surface area contributed by atoms with Crippen LogP contribution in [0.4, 0.5) is 0 Å². The van der Waals surface area contributed by atoms with E-state index in [1.54, 1.807) is 0 Å². The van der Waals surface area contributed by atoms with Gasteiger partial charge in [0.1, 0.15) is 0 Å². The van der Waals surface area contributed by atoms with Crippen LogP contribution in [0.25, 0.3) is 0 Å². The Morgan fingerprint density at radius 2 is 2.46 bits per heavy atom. The predicted octanol–water partition coefficient (Wildman–Crippen LogP) is 1.98. The lowest BCUT2D eigenvalue weighted by molar-refractivity contribution is 0.0939. The molecule has 0 saturated heterocycles. The molecule has 0 bridgehead atoms. The van der Waals surface area contributed by atoms with Crippen LogP contribution in [0.15, 0.2) is 5.38 Å². The Kier molecular flexibility index (Phi) is 3.42. The van der Waals surface area contributed by atoms with Crippen molar-refractivity contribution < 1.29 is 4.79 Å². The monoisotopic (exact) mass is 198 g/mol. The van der Waals surface area contributed by atoms with Crippen LogP contribution in [-0.4, -0.2) is 16.9 Å². The number of rotatable bonds is 3. The number of nitrogens with zero attached hydrogens (tertiary/aromatic N) is 1. The molecule has 1 aromatic rings. The Hall–Kier alpha value is -0.900. The van der Waals surface area contributed by atoms with Crippen LogP contribution >= 0.6 is 11.3 Å². The Morgan fingerprint density at radius 1 is 1.77 bits per heavy atom. The molecule has 3 nitrogen and oxygen atoms in total. The van der Waals surface area contributed by atoms with Crippen LogP contribution in [0.2, 0.25) is 0 Å². The van der Waals surface area contributed by atoms with E-state index >= 15 is 0 Å². The van der Waals surface area contributed by atoms with Crippen molar-refractivity contribution in [2.75, 3.05) is 0 Å². The molecular formula is C9H14N2OS. The molecule has 1 amide bonds. The summed E-state index contributed by atoms with van der Waals surface area (Å²) >= 11 is 1.39. The number of hydrogen-bond acceptors (Lipinski definition) is 3. The lowest BCUT2D eigenvalue weighted by Crippen LogP contribution is -2.31. The van der Waals surface area contributed by atoms with Crippen molar-refractivity contribution in [3.05, 3.63) is 16.1 Å². The molecule has 0 saturated carbocycles. The SMILES string of the molecule is CCC(C)NC(=O)c1nc(C)cs1. The van der Waals surface area contributed by atoms with Gasteiger partial charge in [-0.15, -0.1) is 11.3 Å². The maximum atomic E-state index is 11.5. The van der Waals surface area contributed by atoms with Gasteiger partial charge in [0.25, 0.3) is 5.91 Å². The van der Waals surface area contributed by atoms with Crippen LogP contribution < -0.4 is 5.32 Å². The molecule has 0 fully saturated rings. The van der Waals surface area contributed by atoms with E-state index in [2.05, 4.69) is 10.3 Å².